The van der Waals surface area contributed by atoms with Gasteiger partial charge < -0.3 is 9.30 Å². The van der Waals surface area contributed by atoms with E-state index in [1.807, 2.05) is 81.4 Å². The van der Waals surface area contributed by atoms with Crippen LogP contribution in [0.5, 0.6) is 0 Å². The molecular formula is C28H30N2O3. The average molecular weight is 443 g/mol. The third-order valence-electron chi connectivity index (χ3n) is 6.34. The Morgan fingerprint density at radius 3 is 2.27 bits per heavy atom. The highest BCUT2D eigenvalue weighted by Crippen LogP contribution is 2.47. The van der Waals surface area contributed by atoms with Gasteiger partial charge in [0.2, 0.25) is 0 Å². The molecule has 1 aliphatic heterocycles. The number of amides is 1. The van der Waals surface area contributed by atoms with Gasteiger partial charge in [-0.3, -0.25) is 9.69 Å². The Morgan fingerprint density at radius 2 is 1.61 bits per heavy atom. The standard InChI is InChI=1S/C28H30N2O3/c1-27(2,3)33-26(32)30-21-14-10-9-13-20(21)29-22(25(30)18-11-7-6-8-12-18)15-19-23(29)16-28(4,5)17-24(19)31/h6-15,25H,16-17H2,1-5H3. The fourth-order valence-corrected chi connectivity index (χ4v) is 5.12. The van der Waals surface area contributed by atoms with Crippen LogP contribution in [0.2, 0.25) is 0 Å². The lowest BCUT2D eigenvalue weighted by Crippen LogP contribution is -2.43. The number of nitrogens with zero attached hydrogens (tertiary/aromatic N) is 2. The van der Waals surface area contributed by atoms with Gasteiger partial charge in [-0.1, -0.05) is 56.3 Å². The molecule has 1 amide bonds. The zero-order valence-corrected chi connectivity index (χ0v) is 19.9. The number of hydrogen-bond donors (Lipinski definition) is 0. The molecule has 1 aliphatic carbocycles. The predicted octanol–water partition coefficient (Wildman–Crippen LogP) is 6.48. The topological polar surface area (TPSA) is 51.5 Å². The molecule has 5 rings (SSSR count). The minimum Gasteiger partial charge on any atom is -0.443 e. The highest BCUT2D eigenvalue weighted by Gasteiger charge is 2.43. The van der Waals surface area contributed by atoms with Gasteiger partial charge in [0.05, 0.1) is 17.1 Å². The monoisotopic (exact) mass is 442 g/mol. The molecule has 2 aliphatic rings. The Kier molecular flexibility index (Phi) is 4.78. The molecule has 170 valence electrons. The van der Waals surface area contributed by atoms with Crippen molar-refractivity contribution in [3.8, 4) is 5.69 Å². The number of para-hydroxylation sites is 2. The molecule has 0 fully saturated rings. The molecule has 1 unspecified atom stereocenters. The van der Waals surface area contributed by atoms with Crippen LogP contribution < -0.4 is 4.90 Å². The van der Waals surface area contributed by atoms with Crippen molar-refractivity contribution in [1.29, 1.82) is 0 Å². The maximum atomic E-state index is 13.6. The van der Waals surface area contributed by atoms with Crippen LogP contribution in [-0.4, -0.2) is 22.0 Å². The molecular weight excluding hydrogens is 412 g/mol. The first-order valence-electron chi connectivity index (χ1n) is 11.5. The maximum Gasteiger partial charge on any atom is 0.415 e. The van der Waals surface area contributed by atoms with Gasteiger partial charge in [-0.05, 0) is 56.4 Å². The molecule has 2 heterocycles. The van der Waals surface area contributed by atoms with E-state index in [9.17, 15) is 9.59 Å². The van der Waals surface area contributed by atoms with Crippen molar-refractivity contribution >= 4 is 17.6 Å². The number of hydrogen-bond acceptors (Lipinski definition) is 3. The fourth-order valence-electron chi connectivity index (χ4n) is 5.12. The molecule has 0 radical (unpaired) electrons. The predicted molar refractivity (Wildman–Crippen MR) is 129 cm³/mol. The largest absolute Gasteiger partial charge is 0.443 e. The highest BCUT2D eigenvalue weighted by atomic mass is 16.6. The summed E-state index contributed by atoms with van der Waals surface area (Å²) in [4.78, 5) is 28.5. The second-order valence-electron chi connectivity index (χ2n) is 10.9. The van der Waals surface area contributed by atoms with E-state index >= 15 is 0 Å². The van der Waals surface area contributed by atoms with Gasteiger partial charge in [0, 0.05) is 17.7 Å². The van der Waals surface area contributed by atoms with Crippen molar-refractivity contribution < 1.29 is 14.3 Å². The van der Waals surface area contributed by atoms with Crippen LogP contribution in [0, 0.1) is 5.41 Å². The second-order valence-corrected chi connectivity index (χ2v) is 10.9. The van der Waals surface area contributed by atoms with Crippen LogP contribution in [-0.2, 0) is 11.2 Å². The summed E-state index contributed by atoms with van der Waals surface area (Å²) >= 11 is 0. The van der Waals surface area contributed by atoms with E-state index in [0.29, 0.717) is 6.42 Å². The first-order valence-corrected chi connectivity index (χ1v) is 11.5. The van der Waals surface area contributed by atoms with Gasteiger partial charge in [0.15, 0.2) is 5.78 Å². The van der Waals surface area contributed by atoms with Gasteiger partial charge in [-0.15, -0.1) is 0 Å². The molecule has 2 aromatic carbocycles. The number of Topliss-reactive ketones (excluding diaryl/α,β-unsaturated/α-hetero) is 1. The van der Waals surface area contributed by atoms with Crippen LogP contribution in [0.3, 0.4) is 0 Å². The third-order valence-corrected chi connectivity index (χ3v) is 6.34. The number of aromatic nitrogens is 1. The van der Waals surface area contributed by atoms with Crippen LogP contribution >= 0.6 is 0 Å². The smallest absolute Gasteiger partial charge is 0.415 e. The Hall–Kier alpha value is -3.34. The first-order chi connectivity index (χ1) is 15.6. The summed E-state index contributed by atoms with van der Waals surface area (Å²) in [6.07, 6.45) is 0.925. The lowest BCUT2D eigenvalue weighted by Gasteiger charge is -2.40. The molecule has 5 heteroatoms. The van der Waals surface area contributed by atoms with Crippen molar-refractivity contribution in [3.05, 3.63) is 83.2 Å². The second kappa shape index (κ2) is 7.34. The van der Waals surface area contributed by atoms with Crippen molar-refractivity contribution in [2.45, 2.75) is 59.1 Å². The van der Waals surface area contributed by atoms with E-state index in [2.05, 4.69) is 18.4 Å². The molecule has 0 bridgehead atoms. The number of fused-ring (bicyclic) bond motifs is 5. The van der Waals surface area contributed by atoms with E-state index in [1.165, 1.54) is 0 Å². The van der Waals surface area contributed by atoms with Crippen LogP contribution in [0.1, 0.15) is 74.4 Å². The first kappa shape index (κ1) is 21.5. The fraction of sp³-hybridized carbons (Fsp3) is 0.357. The summed E-state index contributed by atoms with van der Waals surface area (Å²) in [5, 5.41) is 0. The van der Waals surface area contributed by atoms with Gasteiger partial charge in [0.25, 0.3) is 0 Å². The SMILES string of the molecule is CC1(C)CC(=O)c2cc3n(c2C1)-c1ccccc1N(C(=O)OC(C)(C)C)C3c1ccccc1. The Labute approximate surface area is 195 Å². The molecule has 0 N–H and O–H groups in total. The van der Waals surface area contributed by atoms with Crippen LogP contribution in [0.15, 0.2) is 60.7 Å². The summed E-state index contributed by atoms with van der Waals surface area (Å²) in [5.74, 6) is 0.163. The Bertz CT molecular complexity index is 1250. The summed E-state index contributed by atoms with van der Waals surface area (Å²) in [7, 11) is 0. The molecule has 1 aromatic heterocycles. The average Bonchev–Trinajstić information content (AvgIpc) is 3.10. The number of carbonyl (C=O) groups excluding carboxylic acids is 2. The molecule has 0 saturated carbocycles. The normalized spacial score (nSPS) is 18.9. The van der Waals surface area contributed by atoms with Crippen molar-refractivity contribution in [1.82, 2.24) is 4.57 Å². The maximum absolute atomic E-state index is 13.6. The third kappa shape index (κ3) is 3.65. The summed E-state index contributed by atoms with van der Waals surface area (Å²) in [6.45, 7) is 9.91. The zero-order chi connectivity index (χ0) is 23.5. The van der Waals surface area contributed by atoms with Crippen molar-refractivity contribution in [2.24, 2.45) is 5.41 Å². The molecule has 5 nitrogen and oxygen atoms in total. The highest BCUT2D eigenvalue weighted by molar-refractivity contribution is 6.00. The van der Waals surface area contributed by atoms with Gasteiger partial charge >= 0.3 is 6.09 Å². The van der Waals surface area contributed by atoms with Crippen molar-refractivity contribution in [2.75, 3.05) is 4.90 Å². The number of rotatable bonds is 1. The molecule has 1 atom stereocenters. The number of ether oxygens (including phenoxy) is 1. The Balaban J connectivity index is 1.79. The van der Waals surface area contributed by atoms with Crippen LogP contribution in [0.4, 0.5) is 10.5 Å². The molecule has 3 aromatic rings. The van der Waals surface area contributed by atoms with Crippen LogP contribution in [0.25, 0.3) is 5.69 Å². The summed E-state index contributed by atoms with van der Waals surface area (Å²) in [6, 6.07) is 19.5. The number of anilines is 1. The summed E-state index contributed by atoms with van der Waals surface area (Å²) in [5.41, 5.74) is 4.63. The lowest BCUT2D eigenvalue weighted by atomic mass is 9.76. The van der Waals surface area contributed by atoms with E-state index in [4.69, 9.17) is 4.74 Å². The minimum atomic E-state index is -0.633. The number of benzene rings is 2. The van der Waals surface area contributed by atoms with Crippen molar-refractivity contribution in [3.63, 3.8) is 0 Å². The van der Waals surface area contributed by atoms with E-state index in [-0.39, 0.29) is 11.2 Å². The zero-order valence-electron chi connectivity index (χ0n) is 19.9. The minimum absolute atomic E-state index is 0.112. The van der Waals surface area contributed by atoms with E-state index < -0.39 is 17.7 Å². The van der Waals surface area contributed by atoms with Gasteiger partial charge in [-0.2, -0.15) is 0 Å². The lowest BCUT2D eigenvalue weighted by molar-refractivity contribution is 0.0567. The molecule has 0 spiro atoms. The number of ketones is 1. The Morgan fingerprint density at radius 1 is 0.970 bits per heavy atom. The van der Waals surface area contributed by atoms with Gasteiger partial charge in [0.1, 0.15) is 11.6 Å². The molecule has 33 heavy (non-hydrogen) atoms. The summed E-state index contributed by atoms with van der Waals surface area (Å²) < 4.78 is 8.08. The van der Waals surface area contributed by atoms with Gasteiger partial charge in [-0.25, -0.2) is 4.79 Å². The van der Waals surface area contributed by atoms with E-state index in [0.717, 1.165) is 40.3 Å². The quantitative estimate of drug-likeness (QED) is 0.434. The number of carbonyl (C=O) groups is 2. The van der Waals surface area contributed by atoms with E-state index in [1.54, 1.807) is 4.90 Å². The molecule has 0 saturated heterocycles.